The molecule has 2 atom stereocenters. The van der Waals surface area contributed by atoms with Gasteiger partial charge in [-0.1, -0.05) is 13.3 Å². The number of carbonyl (C=O) groups excluding carboxylic acids is 1. The van der Waals surface area contributed by atoms with Crippen molar-refractivity contribution in [2.75, 3.05) is 39.4 Å². The second-order valence-electron chi connectivity index (χ2n) is 7.10. The van der Waals surface area contributed by atoms with Crippen LogP contribution in [0.5, 0.6) is 0 Å². The molecule has 0 unspecified atom stereocenters. The highest BCUT2D eigenvalue weighted by Crippen LogP contribution is 2.26. The van der Waals surface area contributed by atoms with Crippen molar-refractivity contribution in [2.45, 2.75) is 39.2 Å². The number of nitrogens with zero attached hydrogens (tertiary/aromatic N) is 4. The van der Waals surface area contributed by atoms with Gasteiger partial charge in [-0.15, -0.1) is 0 Å². The van der Waals surface area contributed by atoms with E-state index in [1.807, 2.05) is 24.9 Å². The van der Waals surface area contributed by atoms with Gasteiger partial charge in [0.15, 0.2) is 0 Å². The Kier molecular flexibility index (Phi) is 5.56. The zero-order valence-corrected chi connectivity index (χ0v) is 15.2. The quantitative estimate of drug-likeness (QED) is 0.813. The second-order valence-corrected chi connectivity index (χ2v) is 7.10. The third kappa shape index (κ3) is 3.81. The molecule has 24 heavy (non-hydrogen) atoms. The Labute approximate surface area is 144 Å². The Bertz CT molecular complexity index is 565. The third-order valence-corrected chi connectivity index (χ3v) is 5.52. The molecule has 3 heterocycles. The Balaban J connectivity index is 1.56. The minimum atomic E-state index is 0.285. The number of aromatic nitrogens is 2. The van der Waals surface area contributed by atoms with E-state index in [-0.39, 0.29) is 5.91 Å². The fraction of sp³-hybridized carbons (Fsp3) is 0.778. The molecule has 0 bridgehead atoms. The Morgan fingerprint density at radius 2 is 2.08 bits per heavy atom. The maximum absolute atomic E-state index is 12.7. The summed E-state index contributed by atoms with van der Waals surface area (Å²) >= 11 is 0. The van der Waals surface area contributed by atoms with Gasteiger partial charge >= 0.3 is 0 Å². The molecule has 2 aliphatic heterocycles. The molecule has 134 valence electrons. The van der Waals surface area contributed by atoms with E-state index in [1.165, 1.54) is 5.56 Å². The molecule has 2 fully saturated rings. The molecule has 6 heteroatoms. The van der Waals surface area contributed by atoms with Crippen LogP contribution in [0.1, 0.15) is 31.0 Å². The number of morpholine rings is 1. The Morgan fingerprint density at radius 3 is 2.71 bits per heavy atom. The predicted octanol–water partition coefficient (Wildman–Crippen LogP) is 1.23. The lowest BCUT2D eigenvalue weighted by Gasteiger charge is -2.34. The van der Waals surface area contributed by atoms with E-state index >= 15 is 0 Å². The van der Waals surface area contributed by atoms with Crippen LogP contribution >= 0.6 is 0 Å². The van der Waals surface area contributed by atoms with E-state index in [4.69, 9.17) is 4.74 Å². The summed E-state index contributed by atoms with van der Waals surface area (Å²) in [4.78, 5) is 17.3. The molecule has 0 aromatic carbocycles. The summed E-state index contributed by atoms with van der Waals surface area (Å²) in [5.41, 5.74) is 2.21. The van der Waals surface area contributed by atoms with Crippen molar-refractivity contribution in [3.63, 3.8) is 0 Å². The van der Waals surface area contributed by atoms with Gasteiger partial charge in [0.2, 0.25) is 5.91 Å². The molecule has 3 rings (SSSR count). The molecule has 0 radical (unpaired) electrons. The van der Waals surface area contributed by atoms with Gasteiger partial charge in [-0.2, -0.15) is 5.10 Å². The van der Waals surface area contributed by atoms with Gasteiger partial charge in [-0.05, 0) is 24.8 Å². The van der Waals surface area contributed by atoms with Gasteiger partial charge in [0.25, 0.3) is 0 Å². The summed E-state index contributed by atoms with van der Waals surface area (Å²) in [5, 5.41) is 4.36. The van der Waals surface area contributed by atoms with Gasteiger partial charge in [-0.3, -0.25) is 14.4 Å². The van der Waals surface area contributed by atoms with Gasteiger partial charge in [0.1, 0.15) is 0 Å². The number of ether oxygens (including phenoxy) is 1. The topological polar surface area (TPSA) is 50.6 Å². The zero-order chi connectivity index (χ0) is 17.1. The average Bonchev–Trinajstić information content (AvgIpc) is 3.16. The van der Waals surface area contributed by atoms with Crippen LogP contribution in [0.15, 0.2) is 6.20 Å². The number of amides is 1. The van der Waals surface area contributed by atoms with Crippen molar-refractivity contribution in [1.82, 2.24) is 19.6 Å². The number of rotatable bonds is 5. The van der Waals surface area contributed by atoms with Crippen LogP contribution in [-0.2, 0) is 23.0 Å². The number of carbonyl (C=O) groups is 1. The van der Waals surface area contributed by atoms with Crippen LogP contribution in [0.3, 0.4) is 0 Å². The lowest BCUT2D eigenvalue weighted by Crippen LogP contribution is -2.47. The number of hydrogen-bond donors (Lipinski definition) is 0. The average molecular weight is 334 g/mol. The van der Waals surface area contributed by atoms with Crippen LogP contribution in [0.25, 0.3) is 0 Å². The predicted molar refractivity (Wildman–Crippen MR) is 92.8 cm³/mol. The highest BCUT2D eigenvalue weighted by atomic mass is 16.5. The molecule has 0 aliphatic carbocycles. The van der Waals surface area contributed by atoms with Crippen molar-refractivity contribution >= 4 is 5.91 Å². The maximum atomic E-state index is 12.7. The normalized spacial score (nSPS) is 25.4. The summed E-state index contributed by atoms with van der Waals surface area (Å²) in [7, 11) is 1.93. The standard InChI is InChI=1S/C18H30N4O2/c1-4-15-12-22(13-17(15)21-7-9-24-10-8-21)18(23)6-5-16-11-20(3)19-14(16)2/h11,15,17H,4-10,12-13H2,1-3H3/t15-,17-/m1/s1. The molecular formula is C18H30N4O2. The third-order valence-electron chi connectivity index (χ3n) is 5.52. The minimum absolute atomic E-state index is 0.285. The molecule has 0 N–H and O–H groups in total. The molecule has 2 aliphatic rings. The molecule has 1 aromatic heterocycles. The van der Waals surface area contributed by atoms with Crippen LogP contribution in [-0.4, -0.2) is 70.9 Å². The Morgan fingerprint density at radius 1 is 1.33 bits per heavy atom. The smallest absolute Gasteiger partial charge is 0.222 e. The first-order chi connectivity index (χ1) is 11.6. The first kappa shape index (κ1) is 17.4. The van der Waals surface area contributed by atoms with E-state index in [2.05, 4.69) is 21.8 Å². The first-order valence-electron chi connectivity index (χ1n) is 9.17. The molecule has 2 saturated heterocycles. The largest absolute Gasteiger partial charge is 0.379 e. The van der Waals surface area contributed by atoms with E-state index in [1.54, 1.807) is 0 Å². The van der Waals surface area contributed by atoms with Crippen LogP contribution in [0.2, 0.25) is 0 Å². The number of aryl methyl sites for hydroxylation is 3. The summed E-state index contributed by atoms with van der Waals surface area (Å²) < 4.78 is 7.30. The molecule has 1 aromatic rings. The van der Waals surface area contributed by atoms with Crippen molar-refractivity contribution in [3.05, 3.63) is 17.5 Å². The highest BCUT2D eigenvalue weighted by molar-refractivity contribution is 5.77. The fourth-order valence-electron chi connectivity index (χ4n) is 4.08. The lowest BCUT2D eigenvalue weighted by atomic mass is 9.99. The first-order valence-corrected chi connectivity index (χ1v) is 9.17. The van der Waals surface area contributed by atoms with Crippen molar-refractivity contribution < 1.29 is 9.53 Å². The Hall–Kier alpha value is -1.40. The highest BCUT2D eigenvalue weighted by Gasteiger charge is 2.37. The van der Waals surface area contributed by atoms with E-state index in [0.29, 0.717) is 18.4 Å². The maximum Gasteiger partial charge on any atom is 0.222 e. The van der Waals surface area contributed by atoms with Gasteiger partial charge in [0.05, 0.1) is 18.9 Å². The van der Waals surface area contributed by atoms with Crippen LogP contribution in [0, 0.1) is 12.8 Å². The number of hydrogen-bond acceptors (Lipinski definition) is 4. The fourth-order valence-corrected chi connectivity index (χ4v) is 4.08. The summed E-state index contributed by atoms with van der Waals surface area (Å²) in [6.07, 6.45) is 4.53. The van der Waals surface area contributed by atoms with Gasteiger partial charge in [-0.25, -0.2) is 0 Å². The molecule has 0 saturated carbocycles. The van der Waals surface area contributed by atoms with E-state index in [0.717, 1.165) is 57.9 Å². The number of likely N-dealkylation sites (tertiary alicyclic amines) is 1. The lowest BCUT2D eigenvalue weighted by molar-refractivity contribution is -0.130. The van der Waals surface area contributed by atoms with Crippen molar-refractivity contribution in [3.8, 4) is 0 Å². The summed E-state index contributed by atoms with van der Waals surface area (Å²) in [6.45, 7) is 9.67. The molecule has 6 nitrogen and oxygen atoms in total. The van der Waals surface area contributed by atoms with Crippen LogP contribution < -0.4 is 0 Å². The van der Waals surface area contributed by atoms with Gasteiger partial charge < -0.3 is 9.64 Å². The molecular weight excluding hydrogens is 304 g/mol. The zero-order valence-electron chi connectivity index (χ0n) is 15.2. The van der Waals surface area contributed by atoms with E-state index in [9.17, 15) is 4.79 Å². The monoisotopic (exact) mass is 334 g/mol. The summed E-state index contributed by atoms with van der Waals surface area (Å²) in [5.74, 6) is 0.875. The molecule has 0 spiro atoms. The van der Waals surface area contributed by atoms with Crippen molar-refractivity contribution in [1.29, 1.82) is 0 Å². The summed E-state index contributed by atoms with van der Waals surface area (Å²) in [6, 6.07) is 0.503. The minimum Gasteiger partial charge on any atom is -0.379 e. The van der Waals surface area contributed by atoms with Crippen molar-refractivity contribution in [2.24, 2.45) is 13.0 Å². The second kappa shape index (κ2) is 7.66. The molecule has 1 amide bonds. The van der Waals surface area contributed by atoms with Gasteiger partial charge in [0, 0.05) is 51.9 Å². The van der Waals surface area contributed by atoms with Crippen LogP contribution in [0.4, 0.5) is 0 Å². The van der Waals surface area contributed by atoms with E-state index < -0.39 is 0 Å². The SMILES string of the molecule is CC[C@@H]1CN(C(=O)CCc2cn(C)nc2C)C[C@H]1N1CCOCC1.